The first-order chi connectivity index (χ1) is 12.6. The third-order valence-corrected chi connectivity index (χ3v) is 5.68. The summed E-state index contributed by atoms with van der Waals surface area (Å²) < 4.78 is 69.1. The molecular formula is C16H22F3N3O4S. The van der Waals surface area contributed by atoms with Gasteiger partial charge in [0.1, 0.15) is 10.6 Å². The maximum atomic E-state index is 12.7. The smallest absolute Gasteiger partial charge is 0.401 e. The van der Waals surface area contributed by atoms with Gasteiger partial charge in [-0.25, -0.2) is 13.1 Å². The highest BCUT2D eigenvalue weighted by Gasteiger charge is 2.32. The molecule has 1 heterocycles. The highest BCUT2D eigenvalue weighted by molar-refractivity contribution is 7.89. The van der Waals surface area contributed by atoms with Crippen LogP contribution in [0.25, 0.3) is 0 Å². The average Bonchev–Trinajstić information content (AvgIpc) is 2.84. The predicted molar refractivity (Wildman–Crippen MR) is 92.3 cm³/mol. The molecule has 27 heavy (non-hydrogen) atoms. The van der Waals surface area contributed by atoms with E-state index < -0.39 is 28.7 Å². The van der Waals surface area contributed by atoms with Gasteiger partial charge in [-0.1, -0.05) is 0 Å². The first kappa shape index (κ1) is 21.5. The van der Waals surface area contributed by atoms with E-state index in [-0.39, 0.29) is 35.8 Å². The number of nitrogens with zero attached hydrogens (tertiary/aromatic N) is 2. The fourth-order valence-corrected chi connectivity index (χ4v) is 3.82. The maximum absolute atomic E-state index is 12.7. The van der Waals surface area contributed by atoms with Crippen molar-refractivity contribution in [3.05, 3.63) is 23.8 Å². The summed E-state index contributed by atoms with van der Waals surface area (Å²) in [5.74, 6) is -0.341. The summed E-state index contributed by atoms with van der Waals surface area (Å²) in [6, 6.07) is 4.03. The number of halogens is 3. The molecule has 0 unspecified atom stereocenters. The number of hydrogen-bond acceptors (Lipinski definition) is 5. The maximum Gasteiger partial charge on any atom is 0.401 e. The van der Waals surface area contributed by atoms with Gasteiger partial charge in [-0.15, -0.1) is 0 Å². The van der Waals surface area contributed by atoms with E-state index >= 15 is 0 Å². The van der Waals surface area contributed by atoms with Gasteiger partial charge < -0.3 is 9.64 Å². The first-order valence-corrected chi connectivity index (χ1v) is 9.75. The molecule has 0 radical (unpaired) electrons. The highest BCUT2D eigenvalue weighted by Crippen LogP contribution is 2.25. The Morgan fingerprint density at radius 2 is 1.93 bits per heavy atom. The number of nitrogens with one attached hydrogen (secondary N) is 1. The molecule has 1 fully saturated rings. The molecule has 0 aromatic heterocycles. The molecule has 0 atom stereocenters. The van der Waals surface area contributed by atoms with Crippen LogP contribution in [-0.2, 0) is 10.0 Å². The van der Waals surface area contributed by atoms with E-state index in [4.69, 9.17) is 4.74 Å². The summed E-state index contributed by atoms with van der Waals surface area (Å²) in [7, 11) is -1.28. The van der Waals surface area contributed by atoms with Crippen molar-refractivity contribution >= 4 is 15.9 Å². The molecule has 152 valence electrons. The van der Waals surface area contributed by atoms with Crippen LogP contribution in [-0.4, -0.2) is 77.2 Å². The molecule has 1 aromatic carbocycles. The first-order valence-electron chi connectivity index (χ1n) is 8.27. The zero-order valence-corrected chi connectivity index (χ0v) is 15.9. The molecule has 7 nitrogen and oxygen atoms in total. The molecule has 1 aliphatic heterocycles. The number of benzene rings is 1. The van der Waals surface area contributed by atoms with E-state index in [0.717, 1.165) is 0 Å². The lowest BCUT2D eigenvalue weighted by molar-refractivity contribution is -0.145. The summed E-state index contributed by atoms with van der Waals surface area (Å²) in [6.45, 7) is -0.237. The Bertz CT molecular complexity index is 784. The normalized spacial score (nSPS) is 16.9. The number of ether oxygens (including phenoxy) is 1. The summed E-state index contributed by atoms with van der Waals surface area (Å²) in [5.41, 5.74) is 0.133. The van der Waals surface area contributed by atoms with Gasteiger partial charge in [0, 0.05) is 31.7 Å². The van der Waals surface area contributed by atoms with Crippen molar-refractivity contribution in [3.63, 3.8) is 0 Å². The zero-order chi connectivity index (χ0) is 20.2. The topological polar surface area (TPSA) is 79.0 Å². The largest absolute Gasteiger partial charge is 0.495 e. The van der Waals surface area contributed by atoms with Crippen LogP contribution in [0.3, 0.4) is 0 Å². The van der Waals surface area contributed by atoms with Gasteiger partial charge in [0.2, 0.25) is 10.0 Å². The lowest BCUT2D eigenvalue weighted by atomic mass is 10.2. The molecule has 2 rings (SSSR count). The number of rotatable bonds is 5. The van der Waals surface area contributed by atoms with Crippen LogP contribution < -0.4 is 9.46 Å². The molecule has 1 N–H and O–H groups in total. The van der Waals surface area contributed by atoms with Crippen molar-refractivity contribution in [2.24, 2.45) is 0 Å². The standard InChI is InChI=1S/C16H22F3N3O4S/c1-20-27(24,25)14-10-12(4-5-13(14)26-2)15(23)22-7-3-6-21(8-9-22)11-16(17,18)19/h4-5,10,20H,3,6-9,11H2,1-2H3. The molecule has 0 bridgehead atoms. The van der Waals surface area contributed by atoms with Crippen molar-refractivity contribution in [2.45, 2.75) is 17.5 Å². The molecule has 1 amide bonds. The number of carbonyl (C=O) groups excluding carboxylic acids is 1. The number of hydrogen-bond donors (Lipinski definition) is 1. The Morgan fingerprint density at radius 1 is 1.22 bits per heavy atom. The minimum Gasteiger partial charge on any atom is -0.495 e. The van der Waals surface area contributed by atoms with Gasteiger partial charge in [0.25, 0.3) is 5.91 Å². The van der Waals surface area contributed by atoms with Crippen LogP contribution in [0, 0.1) is 0 Å². The lowest BCUT2D eigenvalue weighted by Gasteiger charge is -2.23. The van der Waals surface area contributed by atoms with Gasteiger partial charge >= 0.3 is 6.18 Å². The van der Waals surface area contributed by atoms with Gasteiger partial charge in [0.05, 0.1) is 13.7 Å². The third kappa shape index (κ3) is 5.56. The summed E-state index contributed by atoms with van der Waals surface area (Å²) in [4.78, 5) is 15.3. The van der Waals surface area contributed by atoms with Gasteiger partial charge in [-0.2, -0.15) is 13.2 Å². The second-order valence-corrected chi connectivity index (χ2v) is 7.97. The van der Waals surface area contributed by atoms with Crippen molar-refractivity contribution in [3.8, 4) is 5.75 Å². The summed E-state index contributed by atoms with van der Waals surface area (Å²) in [5, 5.41) is 0. The second-order valence-electron chi connectivity index (χ2n) is 6.11. The Kier molecular flexibility index (Phi) is 6.71. The van der Waals surface area contributed by atoms with Crippen LogP contribution in [0.1, 0.15) is 16.8 Å². The Hall–Kier alpha value is -1.85. The van der Waals surface area contributed by atoms with Crippen molar-refractivity contribution in [1.82, 2.24) is 14.5 Å². The summed E-state index contributed by atoms with van der Waals surface area (Å²) in [6.07, 6.45) is -3.88. The molecular weight excluding hydrogens is 387 g/mol. The Morgan fingerprint density at radius 3 is 2.52 bits per heavy atom. The monoisotopic (exact) mass is 409 g/mol. The van der Waals surface area contributed by atoms with Crippen LogP contribution in [0.15, 0.2) is 23.1 Å². The number of methoxy groups -OCH3 is 1. The molecule has 0 saturated carbocycles. The fraction of sp³-hybridized carbons (Fsp3) is 0.562. The van der Waals surface area contributed by atoms with Crippen LogP contribution in [0.4, 0.5) is 13.2 Å². The van der Waals surface area contributed by atoms with Crippen molar-refractivity contribution < 1.29 is 31.1 Å². The van der Waals surface area contributed by atoms with Gasteiger partial charge in [-0.05, 0) is 31.7 Å². The van der Waals surface area contributed by atoms with Crippen molar-refractivity contribution in [1.29, 1.82) is 0 Å². The SMILES string of the molecule is CNS(=O)(=O)c1cc(C(=O)N2CCCN(CC(F)(F)F)CC2)ccc1OC. The minimum atomic E-state index is -4.29. The quantitative estimate of drug-likeness (QED) is 0.794. The fourth-order valence-electron chi connectivity index (χ4n) is 2.90. The Balaban J connectivity index is 2.19. The second kappa shape index (κ2) is 8.44. The van der Waals surface area contributed by atoms with Gasteiger partial charge in [0.15, 0.2) is 0 Å². The number of sulfonamides is 1. The van der Waals surface area contributed by atoms with E-state index in [1.54, 1.807) is 0 Å². The van der Waals surface area contributed by atoms with Crippen LogP contribution >= 0.6 is 0 Å². The zero-order valence-electron chi connectivity index (χ0n) is 15.0. The van der Waals surface area contributed by atoms with Gasteiger partial charge in [-0.3, -0.25) is 9.69 Å². The Labute approximate surface area is 156 Å². The minimum absolute atomic E-state index is 0.0909. The summed E-state index contributed by atoms with van der Waals surface area (Å²) >= 11 is 0. The highest BCUT2D eigenvalue weighted by atomic mass is 32.2. The number of carbonyl (C=O) groups is 1. The molecule has 1 aromatic rings. The predicted octanol–water partition coefficient (Wildman–Crippen LogP) is 1.31. The molecule has 1 saturated heterocycles. The van der Waals surface area contributed by atoms with E-state index in [0.29, 0.717) is 13.0 Å². The average molecular weight is 409 g/mol. The van der Waals surface area contributed by atoms with E-state index in [9.17, 15) is 26.4 Å². The van der Waals surface area contributed by atoms with E-state index in [1.165, 1.54) is 42.2 Å². The lowest BCUT2D eigenvalue weighted by Crippen LogP contribution is -2.38. The van der Waals surface area contributed by atoms with Crippen LogP contribution in [0.2, 0.25) is 0 Å². The molecule has 11 heteroatoms. The molecule has 0 aliphatic carbocycles. The number of alkyl halides is 3. The van der Waals surface area contributed by atoms with E-state index in [2.05, 4.69) is 4.72 Å². The number of amides is 1. The molecule has 1 aliphatic rings. The van der Waals surface area contributed by atoms with E-state index in [1.807, 2.05) is 0 Å². The third-order valence-electron chi connectivity index (χ3n) is 4.25. The van der Waals surface area contributed by atoms with Crippen molar-refractivity contribution in [2.75, 3.05) is 46.9 Å². The van der Waals surface area contributed by atoms with Crippen LogP contribution in [0.5, 0.6) is 5.75 Å². The molecule has 0 spiro atoms.